The molecule has 264 valence electrons. The molecule has 7 aliphatic carbocycles. The van der Waals surface area contributed by atoms with E-state index in [2.05, 4.69) is 118 Å². The molecule has 1 fully saturated rings. The van der Waals surface area contributed by atoms with Gasteiger partial charge in [-0.1, -0.05) is 96.7 Å². The van der Waals surface area contributed by atoms with E-state index in [-0.39, 0.29) is 18.2 Å². The molecule has 0 saturated carbocycles. The van der Waals surface area contributed by atoms with E-state index in [4.69, 9.17) is 0 Å². The summed E-state index contributed by atoms with van der Waals surface area (Å²) in [7, 11) is 0. The first-order chi connectivity index (χ1) is 25.8. The zero-order valence-corrected chi connectivity index (χ0v) is 30.5. The monoisotopic (exact) mass is 684 g/mol. The fraction of sp³-hybridized carbons (Fsp3) is 0.438. The van der Waals surface area contributed by atoms with Gasteiger partial charge < -0.3 is 9.47 Å². The predicted molar refractivity (Wildman–Crippen MR) is 212 cm³/mol. The summed E-state index contributed by atoms with van der Waals surface area (Å²) >= 11 is 0. The van der Waals surface area contributed by atoms with Crippen molar-refractivity contribution in [3.8, 4) is 6.07 Å². The molecule has 4 heteroatoms. The summed E-state index contributed by atoms with van der Waals surface area (Å²) in [6.45, 7) is 0. The van der Waals surface area contributed by atoms with Crippen molar-refractivity contribution < 1.29 is 0 Å². The van der Waals surface area contributed by atoms with Crippen molar-refractivity contribution in [2.45, 2.75) is 108 Å². The highest BCUT2D eigenvalue weighted by Crippen LogP contribution is 2.50. The van der Waals surface area contributed by atoms with Gasteiger partial charge in [-0.25, -0.2) is 0 Å². The van der Waals surface area contributed by atoms with Crippen molar-refractivity contribution in [1.29, 1.82) is 5.26 Å². The van der Waals surface area contributed by atoms with Crippen molar-refractivity contribution in [1.82, 2.24) is 14.8 Å². The summed E-state index contributed by atoms with van der Waals surface area (Å²) in [5.74, 6) is 1.36. The van der Waals surface area contributed by atoms with Crippen molar-refractivity contribution in [2.24, 2.45) is 23.7 Å². The lowest BCUT2D eigenvalue weighted by Gasteiger charge is -2.47. The molecule has 7 atom stereocenters. The number of hydrogen-bond acceptors (Lipinski definition) is 3. The molecule has 7 unspecified atom stereocenters. The van der Waals surface area contributed by atoms with Gasteiger partial charge in [-0.2, -0.15) is 5.26 Å². The van der Waals surface area contributed by atoms with Crippen LogP contribution >= 0.6 is 0 Å². The Hall–Kier alpha value is -4.33. The molecule has 0 radical (unpaired) electrons. The van der Waals surface area contributed by atoms with E-state index in [1.54, 1.807) is 28.1 Å². The minimum Gasteiger partial charge on any atom is -0.352 e. The quantitative estimate of drug-likeness (QED) is 0.314. The largest absolute Gasteiger partial charge is 0.352 e. The van der Waals surface area contributed by atoms with E-state index in [1.165, 1.54) is 40.8 Å². The van der Waals surface area contributed by atoms with Gasteiger partial charge in [0, 0.05) is 28.9 Å². The topological polar surface area (TPSA) is 44.0 Å². The summed E-state index contributed by atoms with van der Waals surface area (Å²) in [5, 5.41) is 14.3. The van der Waals surface area contributed by atoms with Gasteiger partial charge in [0.1, 0.15) is 0 Å². The van der Waals surface area contributed by atoms with Crippen LogP contribution in [0.25, 0.3) is 12.2 Å². The molecular weight excluding hydrogens is 633 g/mol. The number of fused-ring (bicyclic) bond motifs is 5. The maximum Gasteiger partial charge on any atom is 0.0863 e. The zero-order valence-electron chi connectivity index (χ0n) is 30.5. The standard InChI is InChI=1S/C48H52N4/c49-31-32-14-13-15-33(28-32)35-16-1-3-18-37(35)38-19-4-2-17-36(38)34-29-47(51-43-24-9-5-20-39(43)40-21-6-10-25-44(40)51)50-48(30-34)52-45-26-11-7-22-41(45)42-23-8-12-27-46(42)52/h1,3-5,7,10,12-13,15,18-20,22,25,27-28,32,34-35,40,44,47-48,50H,2,6,8-9,11,14,16-17,21,23-24,26,29-30H2. The van der Waals surface area contributed by atoms with Crippen LogP contribution < -0.4 is 5.32 Å². The van der Waals surface area contributed by atoms with Crippen molar-refractivity contribution >= 4 is 12.2 Å². The highest BCUT2D eigenvalue weighted by molar-refractivity contribution is 5.69. The van der Waals surface area contributed by atoms with Gasteiger partial charge in [-0.05, 0) is 135 Å². The highest BCUT2D eigenvalue weighted by Gasteiger charge is 2.46. The van der Waals surface area contributed by atoms with Gasteiger partial charge >= 0.3 is 0 Å². The van der Waals surface area contributed by atoms with Crippen molar-refractivity contribution in [3.05, 3.63) is 141 Å². The lowest BCUT2D eigenvalue weighted by atomic mass is 9.72. The summed E-state index contributed by atoms with van der Waals surface area (Å²) < 4.78 is 2.79. The molecule has 0 aromatic carbocycles. The van der Waals surface area contributed by atoms with Crippen LogP contribution in [-0.2, 0) is 12.8 Å². The Labute approximate surface area is 310 Å². The lowest BCUT2D eigenvalue weighted by molar-refractivity contribution is 0.0799. The number of piperidine rings is 1. The second-order valence-electron chi connectivity index (χ2n) is 16.5. The van der Waals surface area contributed by atoms with E-state index in [0.717, 1.165) is 77.0 Å². The third-order valence-electron chi connectivity index (χ3n) is 13.6. The van der Waals surface area contributed by atoms with Crippen LogP contribution in [0.3, 0.4) is 0 Å². The molecule has 0 bridgehead atoms. The van der Waals surface area contributed by atoms with Crippen molar-refractivity contribution in [2.75, 3.05) is 0 Å². The van der Waals surface area contributed by atoms with Crippen LogP contribution in [0.2, 0.25) is 0 Å². The van der Waals surface area contributed by atoms with E-state index in [9.17, 15) is 5.26 Å². The van der Waals surface area contributed by atoms with Crippen LogP contribution in [0.15, 0.2) is 119 Å². The molecule has 2 aliphatic heterocycles. The maximum absolute atomic E-state index is 9.84. The molecule has 4 nitrogen and oxygen atoms in total. The van der Waals surface area contributed by atoms with Gasteiger partial charge in [-0.3, -0.25) is 5.32 Å². The van der Waals surface area contributed by atoms with Crippen LogP contribution in [0, 0.1) is 35.0 Å². The predicted octanol–water partition coefficient (Wildman–Crippen LogP) is 10.7. The summed E-state index contributed by atoms with van der Waals surface area (Å²) in [4.78, 5) is 2.89. The molecular formula is C48H52N4. The molecule has 1 saturated heterocycles. The molecule has 0 amide bonds. The number of nitriles is 1. The normalized spacial score (nSPS) is 33.1. The molecule has 3 heterocycles. The van der Waals surface area contributed by atoms with Gasteiger partial charge in [0.25, 0.3) is 0 Å². The van der Waals surface area contributed by atoms with E-state index in [1.807, 2.05) is 0 Å². The Morgan fingerprint density at radius 3 is 2.58 bits per heavy atom. The van der Waals surface area contributed by atoms with Gasteiger partial charge in [-0.15, -0.1) is 0 Å². The number of nitrogens with zero attached hydrogens (tertiary/aromatic N) is 3. The second kappa shape index (κ2) is 13.6. The van der Waals surface area contributed by atoms with E-state index >= 15 is 0 Å². The van der Waals surface area contributed by atoms with Crippen LogP contribution in [0.4, 0.5) is 0 Å². The van der Waals surface area contributed by atoms with E-state index in [0.29, 0.717) is 23.8 Å². The zero-order chi connectivity index (χ0) is 34.6. The summed E-state index contributed by atoms with van der Waals surface area (Å²) in [6, 6.07) is 2.98. The third kappa shape index (κ3) is 5.42. The number of aromatic nitrogens is 1. The number of rotatable bonds is 5. The van der Waals surface area contributed by atoms with Crippen LogP contribution in [0.1, 0.15) is 106 Å². The van der Waals surface area contributed by atoms with Crippen LogP contribution in [0.5, 0.6) is 0 Å². The van der Waals surface area contributed by atoms with Gasteiger partial charge in [0.15, 0.2) is 0 Å². The fourth-order valence-corrected chi connectivity index (χ4v) is 11.4. The van der Waals surface area contributed by atoms with Crippen molar-refractivity contribution in [3.63, 3.8) is 0 Å². The maximum atomic E-state index is 9.84. The second-order valence-corrected chi connectivity index (χ2v) is 16.5. The Morgan fingerprint density at radius 2 is 1.62 bits per heavy atom. The molecule has 1 aromatic heterocycles. The number of nitrogens with one attached hydrogen (secondary N) is 1. The Bertz CT molecular complexity index is 2040. The smallest absolute Gasteiger partial charge is 0.0863 e. The Balaban J connectivity index is 1.10. The molecule has 10 rings (SSSR count). The first-order valence-electron chi connectivity index (χ1n) is 20.5. The first-order valence-corrected chi connectivity index (χ1v) is 20.5. The average Bonchev–Trinajstić information content (AvgIpc) is 3.74. The first kappa shape index (κ1) is 32.3. The molecule has 0 spiro atoms. The summed E-state index contributed by atoms with van der Waals surface area (Å²) in [6.07, 6.45) is 54.5. The number of allylic oxidation sites excluding steroid dienone is 18. The molecule has 9 aliphatic rings. The summed E-state index contributed by atoms with van der Waals surface area (Å²) in [5.41, 5.74) is 15.2. The Kier molecular flexibility index (Phi) is 8.44. The third-order valence-corrected chi connectivity index (χ3v) is 13.6. The minimum atomic E-state index is -0.0253. The minimum absolute atomic E-state index is 0.0253. The fourth-order valence-electron chi connectivity index (χ4n) is 11.4. The SMILES string of the molecule is N#CC1C=C(C2CC=CC=C2C2=C(C3CC(N4C5=C(C=CCC5)C5CCC=CC54)NC(n4c5c(c6c4CCC=C6)CCC=C5)C3)CCC=C2)C=CC1. The number of hydrogen-bond donors (Lipinski definition) is 1. The van der Waals surface area contributed by atoms with Gasteiger partial charge in [0.2, 0.25) is 0 Å². The van der Waals surface area contributed by atoms with Crippen LogP contribution in [-0.4, -0.2) is 21.7 Å². The molecule has 1 aromatic rings. The molecule has 1 N–H and O–H groups in total. The average molecular weight is 685 g/mol. The molecule has 52 heavy (non-hydrogen) atoms. The van der Waals surface area contributed by atoms with Gasteiger partial charge in [0.05, 0.1) is 30.4 Å². The Morgan fingerprint density at radius 1 is 0.769 bits per heavy atom. The van der Waals surface area contributed by atoms with E-state index < -0.39 is 0 Å². The lowest BCUT2D eigenvalue weighted by Crippen LogP contribution is -2.55. The highest BCUT2D eigenvalue weighted by atomic mass is 15.4.